The highest BCUT2D eigenvalue weighted by Crippen LogP contribution is 2.40. The minimum Gasteiger partial charge on any atom is -0.364 e. The molecule has 84 valence electrons. The van der Waals surface area contributed by atoms with Crippen molar-refractivity contribution in [1.29, 1.82) is 0 Å². The van der Waals surface area contributed by atoms with Gasteiger partial charge in [0.15, 0.2) is 5.82 Å². The Labute approximate surface area is 91.7 Å². The molecule has 0 aromatic carbocycles. The highest BCUT2D eigenvalue weighted by atomic mass is 15.2. The van der Waals surface area contributed by atoms with Gasteiger partial charge in [0.2, 0.25) is 0 Å². The number of rotatable bonds is 1. The lowest BCUT2D eigenvalue weighted by Crippen LogP contribution is -2.26. The number of anilines is 1. The van der Waals surface area contributed by atoms with Crippen LogP contribution in [0.2, 0.25) is 0 Å². The van der Waals surface area contributed by atoms with Gasteiger partial charge in [-0.1, -0.05) is 13.8 Å². The Morgan fingerprint density at radius 1 is 1.33 bits per heavy atom. The summed E-state index contributed by atoms with van der Waals surface area (Å²) < 4.78 is 0. The Morgan fingerprint density at radius 2 is 2.00 bits per heavy atom. The molecule has 0 spiro atoms. The van der Waals surface area contributed by atoms with Gasteiger partial charge in [0.05, 0.1) is 0 Å². The van der Waals surface area contributed by atoms with Crippen LogP contribution in [0.3, 0.4) is 0 Å². The second-order valence-electron chi connectivity index (χ2n) is 6.18. The molecule has 3 nitrogen and oxygen atoms in total. The molecule has 0 saturated heterocycles. The van der Waals surface area contributed by atoms with Crippen molar-refractivity contribution in [3.05, 3.63) is 11.3 Å². The van der Waals surface area contributed by atoms with Gasteiger partial charge in [-0.3, -0.25) is 5.10 Å². The van der Waals surface area contributed by atoms with Crippen LogP contribution >= 0.6 is 0 Å². The lowest BCUT2D eigenvalue weighted by atomic mass is 9.91. The summed E-state index contributed by atoms with van der Waals surface area (Å²) in [6, 6.07) is 0. The van der Waals surface area contributed by atoms with Crippen molar-refractivity contribution >= 4 is 5.82 Å². The van der Waals surface area contributed by atoms with Crippen molar-refractivity contribution in [2.24, 2.45) is 0 Å². The summed E-state index contributed by atoms with van der Waals surface area (Å²) in [6.07, 6.45) is 2.35. The topological polar surface area (TPSA) is 40.7 Å². The summed E-state index contributed by atoms with van der Waals surface area (Å²) in [4.78, 5) is 0. The molecule has 1 aliphatic rings. The molecule has 2 rings (SSSR count). The predicted molar refractivity (Wildman–Crippen MR) is 63.3 cm³/mol. The third kappa shape index (κ3) is 1.87. The first-order chi connectivity index (χ1) is 6.80. The Hall–Kier alpha value is -0.990. The van der Waals surface area contributed by atoms with Crippen molar-refractivity contribution in [1.82, 2.24) is 10.2 Å². The van der Waals surface area contributed by atoms with E-state index in [1.165, 1.54) is 17.7 Å². The van der Waals surface area contributed by atoms with Gasteiger partial charge < -0.3 is 5.32 Å². The van der Waals surface area contributed by atoms with Gasteiger partial charge in [0.25, 0.3) is 0 Å². The quantitative estimate of drug-likeness (QED) is 0.743. The second kappa shape index (κ2) is 3.00. The number of aromatic nitrogens is 2. The molecule has 0 saturated carbocycles. The minimum absolute atomic E-state index is 0.0791. The maximum absolute atomic E-state index is 4.38. The lowest BCUT2D eigenvalue weighted by molar-refractivity contribution is 0.504. The molecule has 15 heavy (non-hydrogen) atoms. The Morgan fingerprint density at radius 3 is 2.60 bits per heavy atom. The summed E-state index contributed by atoms with van der Waals surface area (Å²) in [7, 11) is 0. The largest absolute Gasteiger partial charge is 0.364 e. The Bertz CT molecular complexity index is 369. The smallest absolute Gasteiger partial charge is 0.151 e. The van der Waals surface area contributed by atoms with Crippen molar-refractivity contribution in [3.63, 3.8) is 0 Å². The summed E-state index contributed by atoms with van der Waals surface area (Å²) in [6.45, 7) is 11.0. The average Bonchev–Trinajstić information content (AvgIpc) is 2.53. The van der Waals surface area contributed by atoms with Gasteiger partial charge in [-0.05, 0) is 33.6 Å². The van der Waals surface area contributed by atoms with Crippen LogP contribution in [-0.4, -0.2) is 15.7 Å². The maximum atomic E-state index is 4.38. The van der Waals surface area contributed by atoms with E-state index < -0.39 is 0 Å². The average molecular weight is 207 g/mol. The zero-order valence-electron chi connectivity index (χ0n) is 10.4. The van der Waals surface area contributed by atoms with E-state index in [1.54, 1.807) is 0 Å². The van der Waals surface area contributed by atoms with Gasteiger partial charge in [-0.15, -0.1) is 0 Å². The molecule has 0 fully saturated rings. The molecular weight excluding hydrogens is 186 g/mol. The van der Waals surface area contributed by atoms with Gasteiger partial charge in [-0.2, -0.15) is 5.10 Å². The van der Waals surface area contributed by atoms with Crippen LogP contribution in [0.1, 0.15) is 52.3 Å². The van der Waals surface area contributed by atoms with Crippen LogP contribution in [0.5, 0.6) is 0 Å². The second-order valence-corrected chi connectivity index (χ2v) is 6.18. The summed E-state index contributed by atoms with van der Waals surface area (Å²) in [5.41, 5.74) is 3.04. The molecule has 2 N–H and O–H groups in total. The molecular formula is C12H21N3. The van der Waals surface area contributed by atoms with Gasteiger partial charge in [0.1, 0.15) is 0 Å². The van der Waals surface area contributed by atoms with Gasteiger partial charge in [0, 0.05) is 22.2 Å². The molecule has 0 aliphatic heterocycles. The predicted octanol–water partition coefficient (Wildman–Crippen LogP) is 2.84. The molecule has 0 bridgehead atoms. The zero-order valence-corrected chi connectivity index (χ0v) is 10.4. The van der Waals surface area contributed by atoms with Crippen molar-refractivity contribution < 1.29 is 0 Å². The first-order valence-electron chi connectivity index (χ1n) is 5.65. The molecule has 0 radical (unpaired) electrons. The molecule has 1 aliphatic carbocycles. The monoisotopic (exact) mass is 207 g/mol. The molecule has 1 heterocycles. The van der Waals surface area contributed by atoms with Crippen LogP contribution in [0.15, 0.2) is 0 Å². The molecule has 0 unspecified atom stereocenters. The highest BCUT2D eigenvalue weighted by molar-refractivity contribution is 5.52. The number of nitrogens with one attached hydrogen (secondary N) is 2. The first kappa shape index (κ1) is 10.5. The number of hydrogen-bond donors (Lipinski definition) is 2. The number of fused-ring (bicyclic) bond motifs is 1. The van der Waals surface area contributed by atoms with Gasteiger partial charge in [-0.25, -0.2) is 0 Å². The van der Waals surface area contributed by atoms with E-state index in [-0.39, 0.29) is 11.0 Å². The number of nitrogens with zero attached hydrogens (tertiary/aromatic N) is 1. The normalized spacial score (nSPS) is 19.0. The Balaban J connectivity index is 2.31. The summed E-state index contributed by atoms with van der Waals surface area (Å²) >= 11 is 0. The van der Waals surface area contributed by atoms with E-state index in [1.807, 2.05) is 0 Å². The summed E-state index contributed by atoms with van der Waals surface area (Å²) in [5, 5.41) is 11.0. The lowest BCUT2D eigenvalue weighted by Gasteiger charge is -2.20. The standard InChI is InChI=1S/C12H21N3/c1-11(2,3)13-10-8-6-7-12(4,5)9(8)14-15-10/h6-7H2,1-5H3,(H2,13,14,15). The van der Waals surface area contributed by atoms with Crippen LogP contribution < -0.4 is 5.32 Å². The Kier molecular flexibility index (Phi) is 2.11. The first-order valence-corrected chi connectivity index (χ1v) is 5.65. The number of hydrogen-bond acceptors (Lipinski definition) is 2. The number of H-pyrrole nitrogens is 1. The van der Waals surface area contributed by atoms with E-state index in [0.29, 0.717) is 0 Å². The van der Waals surface area contributed by atoms with E-state index >= 15 is 0 Å². The fraction of sp³-hybridized carbons (Fsp3) is 0.750. The van der Waals surface area contributed by atoms with E-state index in [2.05, 4.69) is 50.1 Å². The van der Waals surface area contributed by atoms with Crippen LogP contribution in [0.25, 0.3) is 0 Å². The van der Waals surface area contributed by atoms with E-state index in [9.17, 15) is 0 Å². The zero-order chi connectivity index (χ0) is 11.3. The van der Waals surface area contributed by atoms with Crippen LogP contribution in [0, 0.1) is 0 Å². The highest BCUT2D eigenvalue weighted by Gasteiger charge is 2.34. The molecule has 0 atom stereocenters. The molecule has 1 aromatic rings. The summed E-state index contributed by atoms with van der Waals surface area (Å²) in [5.74, 6) is 1.04. The van der Waals surface area contributed by atoms with Crippen molar-refractivity contribution in [2.45, 2.75) is 58.4 Å². The van der Waals surface area contributed by atoms with Crippen LogP contribution in [0.4, 0.5) is 5.82 Å². The minimum atomic E-state index is 0.0791. The third-order valence-electron chi connectivity index (χ3n) is 3.04. The third-order valence-corrected chi connectivity index (χ3v) is 3.04. The van der Waals surface area contributed by atoms with E-state index in [0.717, 1.165) is 12.2 Å². The fourth-order valence-corrected chi connectivity index (χ4v) is 2.19. The molecule has 3 heteroatoms. The molecule has 0 amide bonds. The maximum Gasteiger partial charge on any atom is 0.151 e. The molecule has 1 aromatic heterocycles. The fourth-order valence-electron chi connectivity index (χ4n) is 2.19. The van der Waals surface area contributed by atoms with E-state index in [4.69, 9.17) is 0 Å². The van der Waals surface area contributed by atoms with Crippen LogP contribution in [-0.2, 0) is 11.8 Å². The van der Waals surface area contributed by atoms with Gasteiger partial charge >= 0.3 is 0 Å². The SMILES string of the molecule is CC(C)(C)Nc1n[nH]c2c1CCC2(C)C. The number of aromatic amines is 1. The van der Waals surface area contributed by atoms with Crippen molar-refractivity contribution in [3.8, 4) is 0 Å². The van der Waals surface area contributed by atoms with Crippen molar-refractivity contribution in [2.75, 3.05) is 5.32 Å².